The molecule has 2 aliphatic rings. The first-order valence-electron chi connectivity index (χ1n) is 10.6. The average Bonchev–Trinajstić information content (AvgIpc) is 3.42. The summed E-state index contributed by atoms with van der Waals surface area (Å²) in [6, 6.07) is 7.10. The second-order valence-electron chi connectivity index (χ2n) is 7.89. The van der Waals surface area contributed by atoms with Gasteiger partial charge in [0.1, 0.15) is 19.0 Å². The van der Waals surface area contributed by atoms with Gasteiger partial charge in [-0.1, -0.05) is 0 Å². The lowest BCUT2D eigenvalue weighted by atomic mass is 10.2. The molecule has 1 saturated heterocycles. The highest BCUT2D eigenvalue weighted by atomic mass is 32.2. The van der Waals surface area contributed by atoms with Crippen LogP contribution in [0.5, 0.6) is 11.5 Å². The molecule has 0 N–H and O–H groups in total. The highest BCUT2D eigenvalue weighted by molar-refractivity contribution is 7.91. The summed E-state index contributed by atoms with van der Waals surface area (Å²) in [4.78, 5) is 14.6. The van der Waals surface area contributed by atoms with Crippen molar-refractivity contribution in [2.24, 2.45) is 0 Å². The summed E-state index contributed by atoms with van der Waals surface area (Å²) in [7, 11) is -7.32. The Balaban J connectivity index is 1.61. The summed E-state index contributed by atoms with van der Waals surface area (Å²) in [6.07, 6.45) is 1.77. The molecule has 0 bridgehead atoms. The molecule has 0 spiro atoms. The highest BCUT2D eigenvalue weighted by Gasteiger charge is 2.36. The van der Waals surface area contributed by atoms with E-state index >= 15 is 0 Å². The number of sulfone groups is 1. The van der Waals surface area contributed by atoms with Crippen LogP contribution in [0, 0.1) is 0 Å². The standard InChI is InChI=1S/C21H26N2O8S2/c1-2-23(16-7-11-32(25,26)15-16)21(24)14-22(13-17-4-3-8-29-17)33(27,28)18-5-6-19-20(12-18)31-10-9-30-19/h3-6,8,12,16H,2,7,9-11,13-15H2,1H3/t16-/m1/s1. The number of fused-ring (bicyclic) bond motifs is 1. The highest BCUT2D eigenvalue weighted by Crippen LogP contribution is 2.33. The van der Waals surface area contributed by atoms with E-state index in [4.69, 9.17) is 13.9 Å². The number of hydrogen-bond acceptors (Lipinski definition) is 8. The van der Waals surface area contributed by atoms with Crippen LogP contribution in [0.2, 0.25) is 0 Å². The van der Waals surface area contributed by atoms with E-state index in [1.807, 2.05) is 0 Å². The van der Waals surface area contributed by atoms with Crippen LogP contribution in [-0.2, 0) is 31.2 Å². The van der Waals surface area contributed by atoms with E-state index in [1.54, 1.807) is 19.1 Å². The van der Waals surface area contributed by atoms with Gasteiger partial charge in [0.15, 0.2) is 21.3 Å². The second-order valence-corrected chi connectivity index (χ2v) is 12.1. The molecule has 2 aromatic rings. The Morgan fingerprint density at radius 1 is 1.15 bits per heavy atom. The fourth-order valence-electron chi connectivity index (χ4n) is 4.04. The number of likely N-dealkylation sites (N-methyl/N-ethyl adjacent to an activating group) is 1. The van der Waals surface area contributed by atoms with Crippen molar-refractivity contribution in [2.75, 3.05) is 37.8 Å². The van der Waals surface area contributed by atoms with Crippen molar-refractivity contribution in [3.63, 3.8) is 0 Å². The molecule has 1 atom stereocenters. The van der Waals surface area contributed by atoms with Gasteiger partial charge in [0.2, 0.25) is 15.9 Å². The lowest BCUT2D eigenvalue weighted by molar-refractivity contribution is -0.133. The summed E-state index contributed by atoms with van der Waals surface area (Å²) >= 11 is 0. The van der Waals surface area contributed by atoms with Crippen molar-refractivity contribution < 1.29 is 35.5 Å². The van der Waals surface area contributed by atoms with E-state index in [1.165, 1.54) is 29.4 Å². The molecule has 0 saturated carbocycles. The zero-order chi connectivity index (χ0) is 23.6. The maximum atomic E-state index is 13.5. The van der Waals surface area contributed by atoms with Gasteiger partial charge in [-0.15, -0.1) is 0 Å². The molecule has 2 aliphatic heterocycles. The number of amides is 1. The summed E-state index contributed by atoms with van der Waals surface area (Å²) in [5.41, 5.74) is 0. The zero-order valence-corrected chi connectivity index (χ0v) is 19.8. The first-order chi connectivity index (χ1) is 15.7. The minimum atomic E-state index is -4.12. The van der Waals surface area contributed by atoms with Crippen molar-refractivity contribution in [2.45, 2.75) is 30.8 Å². The molecule has 1 amide bonds. The number of rotatable bonds is 8. The van der Waals surface area contributed by atoms with E-state index in [2.05, 4.69) is 0 Å². The van der Waals surface area contributed by atoms with Crippen LogP contribution >= 0.6 is 0 Å². The smallest absolute Gasteiger partial charge is 0.244 e. The number of furan rings is 1. The second kappa shape index (κ2) is 9.35. The number of carbonyl (C=O) groups excluding carboxylic acids is 1. The maximum Gasteiger partial charge on any atom is 0.244 e. The van der Waals surface area contributed by atoms with Crippen LogP contribution < -0.4 is 9.47 Å². The van der Waals surface area contributed by atoms with Gasteiger partial charge in [0, 0.05) is 18.7 Å². The molecular formula is C21H26N2O8S2. The van der Waals surface area contributed by atoms with Crippen LogP contribution in [0.4, 0.5) is 0 Å². The predicted octanol–water partition coefficient (Wildman–Crippen LogP) is 1.28. The molecule has 0 aliphatic carbocycles. The van der Waals surface area contributed by atoms with E-state index in [-0.39, 0.29) is 29.5 Å². The zero-order valence-electron chi connectivity index (χ0n) is 18.2. The molecule has 180 valence electrons. The Morgan fingerprint density at radius 2 is 1.91 bits per heavy atom. The first-order valence-corrected chi connectivity index (χ1v) is 13.9. The predicted molar refractivity (Wildman–Crippen MR) is 118 cm³/mol. The fraction of sp³-hybridized carbons (Fsp3) is 0.476. The molecule has 4 rings (SSSR count). The van der Waals surface area contributed by atoms with Crippen LogP contribution in [0.25, 0.3) is 0 Å². The summed E-state index contributed by atoms with van der Waals surface area (Å²) < 4.78 is 68.2. The first kappa shape index (κ1) is 23.6. The molecule has 33 heavy (non-hydrogen) atoms. The number of carbonyl (C=O) groups is 1. The molecule has 0 radical (unpaired) electrons. The Hall–Kier alpha value is -2.57. The van der Waals surface area contributed by atoms with Crippen molar-refractivity contribution in [3.8, 4) is 11.5 Å². The van der Waals surface area contributed by atoms with Gasteiger partial charge in [-0.3, -0.25) is 4.79 Å². The molecule has 1 aromatic carbocycles. The van der Waals surface area contributed by atoms with E-state index in [0.29, 0.717) is 36.9 Å². The van der Waals surface area contributed by atoms with Crippen molar-refractivity contribution in [1.82, 2.24) is 9.21 Å². The third-order valence-corrected chi connectivity index (χ3v) is 9.22. The Labute approximate surface area is 193 Å². The Kier molecular flexibility index (Phi) is 6.68. The summed E-state index contributed by atoms with van der Waals surface area (Å²) in [5.74, 6) is 0.585. The van der Waals surface area contributed by atoms with Crippen LogP contribution in [0.15, 0.2) is 45.9 Å². The number of sulfonamides is 1. The fourth-order valence-corrected chi connectivity index (χ4v) is 7.14. The Bertz CT molecular complexity index is 1210. The van der Waals surface area contributed by atoms with Crippen molar-refractivity contribution >= 4 is 25.8 Å². The molecule has 0 unspecified atom stereocenters. The molecule has 1 fully saturated rings. The van der Waals surface area contributed by atoms with Crippen molar-refractivity contribution in [1.29, 1.82) is 0 Å². The van der Waals surface area contributed by atoms with Gasteiger partial charge in [-0.2, -0.15) is 4.31 Å². The minimum absolute atomic E-state index is 0.0209. The SMILES string of the molecule is CCN(C(=O)CN(Cc1ccco1)S(=O)(=O)c1ccc2c(c1)OCCO2)[C@@H]1CCS(=O)(=O)C1. The summed E-state index contributed by atoms with van der Waals surface area (Å²) in [6.45, 7) is 2.09. The van der Waals surface area contributed by atoms with Crippen LogP contribution in [-0.4, -0.2) is 75.8 Å². The monoisotopic (exact) mass is 498 g/mol. The van der Waals surface area contributed by atoms with Gasteiger partial charge < -0.3 is 18.8 Å². The maximum absolute atomic E-state index is 13.5. The van der Waals surface area contributed by atoms with E-state index < -0.39 is 38.4 Å². The van der Waals surface area contributed by atoms with Gasteiger partial charge in [-0.05, 0) is 37.6 Å². The lowest BCUT2D eigenvalue weighted by Crippen LogP contribution is -2.47. The van der Waals surface area contributed by atoms with Crippen LogP contribution in [0.1, 0.15) is 19.1 Å². The molecule has 10 nitrogen and oxygen atoms in total. The topological polar surface area (TPSA) is 123 Å². The Morgan fingerprint density at radius 3 is 2.55 bits per heavy atom. The number of ether oxygens (including phenoxy) is 2. The molecule has 1 aromatic heterocycles. The number of hydrogen-bond donors (Lipinski definition) is 0. The average molecular weight is 499 g/mol. The number of nitrogens with zero attached hydrogens (tertiary/aromatic N) is 2. The lowest BCUT2D eigenvalue weighted by Gasteiger charge is -2.30. The third-order valence-electron chi connectivity index (χ3n) is 5.69. The molecule has 3 heterocycles. The van der Waals surface area contributed by atoms with Gasteiger partial charge in [0.25, 0.3) is 0 Å². The largest absolute Gasteiger partial charge is 0.486 e. The van der Waals surface area contributed by atoms with Gasteiger partial charge >= 0.3 is 0 Å². The quantitative estimate of drug-likeness (QED) is 0.533. The number of benzene rings is 1. The van der Waals surface area contributed by atoms with E-state index in [0.717, 1.165) is 4.31 Å². The van der Waals surface area contributed by atoms with Crippen molar-refractivity contribution in [3.05, 3.63) is 42.4 Å². The minimum Gasteiger partial charge on any atom is -0.486 e. The molecule has 12 heteroatoms. The van der Waals surface area contributed by atoms with Gasteiger partial charge in [0.05, 0.1) is 35.8 Å². The van der Waals surface area contributed by atoms with Crippen LogP contribution in [0.3, 0.4) is 0 Å². The third kappa shape index (κ3) is 5.17. The normalized spacial score (nSPS) is 19.5. The summed E-state index contributed by atoms with van der Waals surface area (Å²) in [5, 5.41) is 0. The van der Waals surface area contributed by atoms with E-state index in [9.17, 15) is 21.6 Å². The van der Waals surface area contributed by atoms with Gasteiger partial charge in [-0.25, -0.2) is 16.8 Å². The molecular weight excluding hydrogens is 472 g/mol.